The third-order valence-corrected chi connectivity index (χ3v) is 4.13. The number of primary sulfonamides is 1. The lowest BCUT2D eigenvalue weighted by Crippen LogP contribution is -2.14. The number of hydrogen-bond acceptors (Lipinski definition) is 5. The van der Waals surface area contributed by atoms with Gasteiger partial charge in [-0.05, 0) is 36.8 Å². The maximum atomic E-state index is 13.1. The van der Waals surface area contributed by atoms with Gasteiger partial charge < -0.3 is 5.32 Å². The fraction of sp³-hybridized carbons (Fsp3) is 0.143. The summed E-state index contributed by atoms with van der Waals surface area (Å²) < 4.78 is 35.9. The van der Waals surface area contributed by atoms with Crippen LogP contribution in [-0.4, -0.2) is 13.3 Å². The lowest BCUT2D eigenvalue weighted by atomic mass is 10.1. The Morgan fingerprint density at radius 1 is 1.26 bits per heavy atom. The van der Waals surface area contributed by atoms with Gasteiger partial charge in [0.2, 0.25) is 10.0 Å². The van der Waals surface area contributed by atoms with Crippen LogP contribution in [0.3, 0.4) is 0 Å². The minimum absolute atomic E-state index is 0.0581. The van der Waals surface area contributed by atoms with Crippen LogP contribution in [0, 0.1) is 15.9 Å². The Morgan fingerprint density at radius 2 is 1.96 bits per heavy atom. The van der Waals surface area contributed by atoms with Crippen molar-refractivity contribution in [2.75, 3.05) is 5.32 Å². The van der Waals surface area contributed by atoms with E-state index in [2.05, 4.69) is 5.32 Å². The second-order valence-electron chi connectivity index (χ2n) is 4.90. The lowest BCUT2D eigenvalue weighted by Gasteiger charge is -2.16. The molecule has 2 aromatic carbocycles. The van der Waals surface area contributed by atoms with Crippen LogP contribution >= 0.6 is 0 Å². The fourth-order valence-electron chi connectivity index (χ4n) is 2.06. The molecule has 7 nitrogen and oxygen atoms in total. The van der Waals surface area contributed by atoms with Gasteiger partial charge in [0.25, 0.3) is 5.69 Å². The van der Waals surface area contributed by atoms with E-state index in [9.17, 15) is 22.9 Å². The van der Waals surface area contributed by atoms with Crippen LogP contribution < -0.4 is 10.5 Å². The Hall–Kier alpha value is -2.52. The molecule has 0 aliphatic carbocycles. The number of rotatable bonds is 5. The van der Waals surface area contributed by atoms with Crippen molar-refractivity contribution < 1.29 is 17.7 Å². The molecular weight excluding hydrogens is 325 g/mol. The molecule has 0 heterocycles. The molecule has 0 radical (unpaired) electrons. The van der Waals surface area contributed by atoms with Crippen LogP contribution in [0.2, 0.25) is 0 Å². The highest BCUT2D eigenvalue weighted by atomic mass is 32.2. The number of sulfonamides is 1. The number of hydrogen-bond donors (Lipinski definition) is 2. The number of nitro groups is 1. The highest BCUT2D eigenvalue weighted by Crippen LogP contribution is 2.29. The van der Waals surface area contributed by atoms with E-state index in [0.717, 1.165) is 12.1 Å². The Bertz CT molecular complexity index is 855. The van der Waals surface area contributed by atoms with E-state index in [0.29, 0.717) is 5.56 Å². The molecule has 0 spiro atoms. The molecule has 3 N–H and O–H groups in total. The van der Waals surface area contributed by atoms with E-state index >= 15 is 0 Å². The average molecular weight is 339 g/mol. The van der Waals surface area contributed by atoms with Crippen LogP contribution in [0.4, 0.5) is 15.8 Å². The van der Waals surface area contributed by atoms with Gasteiger partial charge in [0.05, 0.1) is 15.9 Å². The molecular formula is C14H14FN3O4S. The zero-order chi connectivity index (χ0) is 17.2. The standard InChI is InChI=1S/C14H14FN3O4S/c1-9(10-3-2-4-12(7-10)23(16,21)22)17-13-6-5-11(15)8-14(13)18(19)20/h2-9,17H,1H3,(H2,16,21,22). The second-order valence-corrected chi connectivity index (χ2v) is 6.46. The van der Waals surface area contributed by atoms with Gasteiger partial charge >= 0.3 is 0 Å². The van der Waals surface area contributed by atoms with Crippen molar-refractivity contribution in [3.8, 4) is 0 Å². The van der Waals surface area contributed by atoms with E-state index in [1.165, 1.54) is 24.3 Å². The predicted octanol–water partition coefficient (Wildman–Crippen LogP) is 2.55. The summed E-state index contributed by atoms with van der Waals surface area (Å²) in [4.78, 5) is 10.2. The van der Waals surface area contributed by atoms with E-state index in [-0.39, 0.29) is 10.6 Å². The summed E-state index contributed by atoms with van der Waals surface area (Å²) in [5.74, 6) is -0.717. The van der Waals surface area contributed by atoms with Crippen molar-refractivity contribution in [3.05, 3.63) is 64.0 Å². The lowest BCUT2D eigenvalue weighted by molar-refractivity contribution is -0.384. The van der Waals surface area contributed by atoms with Gasteiger partial charge in [0.15, 0.2) is 0 Å². The van der Waals surface area contributed by atoms with Crippen molar-refractivity contribution >= 4 is 21.4 Å². The molecule has 9 heteroatoms. The normalized spacial score (nSPS) is 12.7. The van der Waals surface area contributed by atoms with Crippen molar-refractivity contribution in [3.63, 3.8) is 0 Å². The maximum Gasteiger partial charge on any atom is 0.295 e. The minimum atomic E-state index is -3.84. The first-order valence-electron chi connectivity index (χ1n) is 6.51. The fourth-order valence-corrected chi connectivity index (χ4v) is 2.62. The molecule has 1 atom stereocenters. The zero-order valence-electron chi connectivity index (χ0n) is 12.1. The van der Waals surface area contributed by atoms with Crippen LogP contribution in [-0.2, 0) is 10.0 Å². The first kappa shape index (κ1) is 16.8. The van der Waals surface area contributed by atoms with Gasteiger partial charge in [0.1, 0.15) is 11.5 Å². The van der Waals surface area contributed by atoms with Crippen molar-refractivity contribution in [2.45, 2.75) is 17.9 Å². The topological polar surface area (TPSA) is 115 Å². The zero-order valence-corrected chi connectivity index (χ0v) is 12.9. The molecule has 0 saturated heterocycles. The number of nitrogens with one attached hydrogen (secondary N) is 1. The third kappa shape index (κ3) is 4.02. The molecule has 1 unspecified atom stereocenters. The van der Waals surface area contributed by atoms with E-state index < -0.39 is 32.5 Å². The van der Waals surface area contributed by atoms with Gasteiger partial charge in [-0.2, -0.15) is 0 Å². The molecule has 0 aliphatic rings. The highest BCUT2D eigenvalue weighted by molar-refractivity contribution is 7.89. The molecule has 122 valence electrons. The third-order valence-electron chi connectivity index (χ3n) is 3.22. The van der Waals surface area contributed by atoms with E-state index in [4.69, 9.17) is 5.14 Å². The molecule has 0 bridgehead atoms. The first-order valence-corrected chi connectivity index (χ1v) is 8.06. The summed E-state index contributed by atoms with van der Waals surface area (Å²) in [6.45, 7) is 1.69. The van der Waals surface area contributed by atoms with Crippen molar-refractivity contribution in [1.82, 2.24) is 0 Å². The van der Waals surface area contributed by atoms with Crippen LogP contribution in [0.25, 0.3) is 0 Å². The Kier molecular flexibility index (Phi) is 4.62. The monoisotopic (exact) mass is 339 g/mol. The summed E-state index contributed by atoms with van der Waals surface area (Å²) in [6, 6.07) is 8.62. The Balaban J connectivity index is 2.33. The first-order chi connectivity index (χ1) is 10.7. The molecule has 23 heavy (non-hydrogen) atoms. The Labute approximate surface area is 132 Å². The molecule has 0 aromatic heterocycles. The number of anilines is 1. The molecule has 0 amide bonds. The number of nitro benzene ring substituents is 1. The number of nitrogens with zero attached hydrogens (tertiary/aromatic N) is 1. The quantitative estimate of drug-likeness (QED) is 0.641. The van der Waals surface area contributed by atoms with Gasteiger partial charge in [-0.25, -0.2) is 17.9 Å². The van der Waals surface area contributed by atoms with Gasteiger partial charge in [-0.3, -0.25) is 10.1 Å². The van der Waals surface area contributed by atoms with E-state index in [1.807, 2.05) is 0 Å². The molecule has 2 rings (SSSR count). The smallest absolute Gasteiger partial charge is 0.295 e. The average Bonchev–Trinajstić information content (AvgIpc) is 2.48. The SMILES string of the molecule is CC(Nc1ccc(F)cc1[N+](=O)[O-])c1cccc(S(N)(=O)=O)c1. The largest absolute Gasteiger partial charge is 0.373 e. The van der Waals surface area contributed by atoms with E-state index in [1.54, 1.807) is 13.0 Å². The second kappa shape index (κ2) is 6.31. The minimum Gasteiger partial charge on any atom is -0.373 e. The Morgan fingerprint density at radius 3 is 2.57 bits per heavy atom. The number of benzene rings is 2. The van der Waals surface area contributed by atoms with Crippen LogP contribution in [0.15, 0.2) is 47.4 Å². The van der Waals surface area contributed by atoms with Crippen molar-refractivity contribution in [1.29, 1.82) is 0 Å². The van der Waals surface area contributed by atoms with Crippen LogP contribution in [0.1, 0.15) is 18.5 Å². The molecule has 0 fully saturated rings. The molecule has 0 aliphatic heterocycles. The molecule has 2 aromatic rings. The summed E-state index contributed by atoms with van der Waals surface area (Å²) in [5, 5.41) is 18.9. The number of nitrogens with two attached hydrogens (primary N) is 1. The van der Waals surface area contributed by atoms with Gasteiger partial charge in [0, 0.05) is 6.04 Å². The van der Waals surface area contributed by atoms with Gasteiger partial charge in [-0.1, -0.05) is 12.1 Å². The summed E-state index contributed by atoms with van der Waals surface area (Å²) in [7, 11) is -3.84. The summed E-state index contributed by atoms with van der Waals surface area (Å²) >= 11 is 0. The van der Waals surface area contributed by atoms with Crippen molar-refractivity contribution in [2.24, 2.45) is 5.14 Å². The maximum absolute atomic E-state index is 13.1. The van der Waals surface area contributed by atoms with Crippen LogP contribution in [0.5, 0.6) is 0 Å². The summed E-state index contributed by atoms with van der Waals surface area (Å²) in [6.07, 6.45) is 0. The van der Waals surface area contributed by atoms with Gasteiger partial charge in [-0.15, -0.1) is 0 Å². The predicted molar refractivity (Wildman–Crippen MR) is 82.9 cm³/mol. The highest BCUT2D eigenvalue weighted by Gasteiger charge is 2.18. The molecule has 0 saturated carbocycles. The number of halogens is 1. The summed E-state index contributed by atoms with van der Waals surface area (Å²) in [5.41, 5.74) is 0.291.